The number of amides is 3. The van der Waals surface area contributed by atoms with Crippen molar-refractivity contribution in [2.75, 3.05) is 0 Å². The van der Waals surface area contributed by atoms with Crippen molar-refractivity contribution in [2.45, 2.75) is 32.4 Å². The summed E-state index contributed by atoms with van der Waals surface area (Å²) in [6.45, 7) is 2.22. The van der Waals surface area contributed by atoms with Gasteiger partial charge in [0.15, 0.2) is 0 Å². The molecule has 2 rings (SSSR count). The van der Waals surface area contributed by atoms with Crippen molar-refractivity contribution in [1.29, 1.82) is 5.26 Å². The third kappa shape index (κ3) is 2.74. The average molecular weight is 257 g/mol. The third-order valence-corrected chi connectivity index (χ3v) is 3.11. The molecule has 5 nitrogen and oxygen atoms in total. The zero-order chi connectivity index (χ0) is 13.8. The maximum absolute atomic E-state index is 12.0. The highest BCUT2D eigenvalue weighted by molar-refractivity contribution is 6.04. The lowest BCUT2D eigenvalue weighted by atomic mass is 10.1. The molecule has 0 aromatic heterocycles. The van der Waals surface area contributed by atoms with Crippen molar-refractivity contribution in [3.8, 4) is 6.07 Å². The molecule has 0 spiro atoms. The molecule has 1 aromatic carbocycles. The molecule has 1 heterocycles. The lowest BCUT2D eigenvalue weighted by molar-refractivity contribution is -0.128. The van der Waals surface area contributed by atoms with Crippen LogP contribution in [0.4, 0.5) is 4.79 Å². The predicted molar refractivity (Wildman–Crippen MR) is 68.9 cm³/mol. The largest absolute Gasteiger partial charge is 0.326 e. The molecule has 3 amide bonds. The van der Waals surface area contributed by atoms with Crippen LogP contribution >= 0.6 is 0 Å². The van der Waals surface area contributed by atoms with Crippen molar-refractivity contribution < 1.29 is 9.59 Å². The van der Waals surface area contributed by atoms with Crippen LogP contribution in [0, 0.1) is 11.3 Å². The molecule has 0 aliphatic carbocycles. The van der Waals surface area contributed by atoms with Crippen LogP contribution in [-0.4, -0.2) is 22.9 Å². The van der Waals surface area contributed by atoms with Crippen LogP contribution in [0.5, 0.6) is 0 Å². The van der Waals surface area contributed by atoms with Crippen LogP contribution < -0.4 is 5.32 Å². The fourth-order valence-corrected chi connectivity index (χ4v) is 2.08. The van der Waals surface area contributed by atoms with E-state index in [1.165, 1.54) is 4.90 Å². The van der Waals surface area contributed by atoms with Crippen LogP contribution in [0.2, 0.25) is 0 Å². The van der Waals surface area contributed by atoms with E-state index in [1.807, 2.05) is 13.0 Å². The van der Waals surface area contributed by atoms with Crippen molar-refractivity contribution in [2.24, 2.45) is 0 Å². The summed E-state index contributed by atoms with van der Waals surface area (Å²) < 4.78 is 0. The molecule has 0 saturated carbocycles. The zero-order valence-electron chi connectivity index (χ0n) is 10.7. The van der Waals surface area contributed by atoms with Crippen LogP contribution in [0.1, 0.15) is 30.9 Å². The monoisotopic (exact) mass is 257 g/mol. The molecule has 1 N–H and O–H groups in total. The smallest absolute Gasteiger partial charge is 0.325 e. The molecule has 98 valence electrons. The number of carbonyl (C=O) groups is 2. The molecule has 0 bridgehead atoms. The highest BCUT2D eigenvalue weighted by atomic mass is 16.2. The van der Waals surface area contributed by atoms with Crippen molar-refractivity contribution in [3.63, 3.8) is 0 Å². The Balaban J connectivity index is 2.08. The van der Waals surface area contributed by atoms with Gasteiger partial charge in [0.1, 0.15) is 6.04 Å². The summed E-state index contributed by atoms with van der Waals surface area (Å²) in [5, 5.41) is 11.4. The first-order valence-electron chi connectivity index (χ1n) is 6.26. The van der Waals surface area contributed by atoms with Gasteiger partial charge in [0.05, 0.1) is 18.2 Å². The van der Waals surface area contributed by atoms with Gasteiger partial charge in [-0.1, -0.05) is 25.5 Å². The number of hydrogen-bond acceptors (Lipinski definition) is 3. The molecule has 1 aromatic rings. The molecule has 1 aliphatic rings. The van der Waals surface area contributed by atoms with E-state index in [9.17, 15) is 9.59 Å². The lowest BCUT2D eigenvalue weighted by Gasteiger charge is -2.12. The van der Waals surface area contributed by atoms with Crippen LogP contribution in [0.3, 0.4) is 0 Å². The SMILES string of the molecule is CCCC1NC(=O)N(Cc2ccc(C#N)cc2)C1=O. The maximum atomic E-state index is 12.0. The van der Waals surface area contributed by atoms with Crippen LogP contribution in [0.25, 0.3) is 0 Å². The Morgan fingerprint density at radius 1 is 1.32 bits per heavy atom. The van der Waals surface area contributed by atoms with Gasteiger partial charge in [-0.3, -0.25) is 9.69 Å². The quantitative estimate of drug-likeness (QED) is 0.835. The lowest BCUT2D eigenvalue weighted by Crippen LogP contribution is -2.30. The van der Waals surface area contributed by atoms with E-state index in [2.05, 4.69) is 5.32 Å². The second-order valence-electron chi connectivity index (χ2n) is 4.52. The Labute approximate surface area is 111 Å². The zero-order valence-corrected chi connectivity index (χ0v) is 10.7. The molecule has 1 aliphatic heterocycles. The summed E-state index contributed by atoms with van der Waals surface area (Å²) in [4.78, 5) is 25.0. The number of nitriles is 1. The van der Waals surface area contributed by atoms with Gasteiger partial charge in [0, 0.05) is 0 Å². The summed E-state index contributed by atoms with van der Waals surface area (Å²) in [7, 11) is 0. The number of nitrogens with zero attached hydrogens (tertiary/aromatic N) is 2. The number of nitrogens with one attached hydrogen (secondary N) is 1. The van der Waals surface area contributed by atoms with Gasteiger partial charge in [-0.2, -0.15) is 5.26 Å². The average Bonchev–Trinajstić information content (AvgIpc) is 2.68. The molecule has 1 unspecified atom stereocenters. The van der Waals surface area contributed by atoms with Crippen molar-refractivity contribution in [1.82, 2.24) is 10.2 Å². The molecule has 0 radical (unpaired) electrons. The fraction of sp³-hybridized carbons (Fsp3) is 0.357. The summed E-state index contributed by atoms with van der Waals surface area (Å²) in [6.07, 6.45) is 1.51. The first-order valence-corrected chi connectivity index (χ1v) is 6.26. The highest BCUT2D eigenvalue weighted by Crippen LogP contribution is 2.15. The normalized spacial score (nSPS) is 18.3. The maximum Gasteiger partial charge on any atom is 0.325 e. The predicted octanol–water partition coefficient (Wildman–Crippen LogP) is 1.78. The highest BCUT2D eigenvalue weighted by Gasteiger charge is 2.36. The minimum absolute atomic E-state index is 0.170. The van der Waals surface area contributed by atoms with Crippen molar-refractivity contribution >= 4 is 11.9 Å². The van der Waals surface area contributed by atoms with Gasteiger partial charge in [0.25, 0.3) is 5.91 Å². The number of rotatable bonds is 4. The van der Waals surface area contributed by atoms with Gasteiger partial charge in [-0.15, -0.1) is 0 Å². The number of carbonyl (C=O) groups excluding carboxylic acids is 2. The Kier molecular flexibility index (Phi) is 3.81. The fourth-order valence-electron chi connectivity index (χ4n) is 2.08. The van der Waals surface area contributed by atoms with Gasteiger partial charge >= 0.3 is 6.03 Å². The topological polar surface area (TPSA) is 73.2 Å². The Morgan fingerprint density at radius 3 is 2.58 bits per heavy atom. The van der Waals surface area contributed by atoms with E-state index in [-0.39, 0.29) is 18.5 Å². The van der Waals surface area contributed by atoms with Gasteiger partial charge in [-0.05, 0) is 24.1 Å². The Morgan fingerprint density at radius 2 is 2.00 bits per heavy atom. The summed E-state index contributed by atoms with van der Waals surface area (Å²) in [6, 6.07) is 8.16. The van der Waals surface area contributed by atoms with Crippen LogP contribution in [-0.2, 0) is 11.3 Å². The van der Waals surface area contributed by atoms with Crippen molar-refractivity contribution in [3.05, 3.63) is 35.4 Å². The molecule has 19 heavy (non-hydrogen) atoms. The Bertz CT molecular complexity index is 531. The van der Waals surface area contributed by atoms with E-state index in [0.717, 1.165) is 12.0 Å². The van der Waals surface area contributed by atoms with Gasteiger partial charge < -0.3 is 5.32 Å². The van der Waals surface area contributed by atoms with E-state index in [0.29, 0.717) is 12.0 Å². The Hall–Kier alpha value is -2.35. The second kappa shape index (κ2) is 5.53. The number of benzene rings is 1. The molecular weight excluding hydrogens is 242 g/mol. The summed E-state index contributed by atoms with van der Waals surface area (Å²) in [5.74, 6) is -0.170. The minimum Gasteiger partial charge on any atom is -0.326 e. The molecule has 5 heteroatoms. The van der Waals surface area contributed by atoms with Gasteiger partial charge in [0.2, 0.25) is 0 Å². The summed E-state index contributed by atoms with van der Waals surface area (Å²) in [5.41, 5.74) is 1.39. The van der Waals surface area contributed by atoms with Crippen LogP contribution in [0.15, 0.2) is 24.3 Å². The number of hydrogen-bond donors (Lipinski definition) is 1. The van der Waals surface area contributed by atoms with Gasteiger partial charge in [-0.25, -0.2) is 4.79 Å². The second-order valence-corrected chi connectivity index (χ2v) is 4.52. The first kappa shape index (κ1) is 13.1. The summed E-state index contributed by atoms with van der Waals surface area (Å²) >= 11 is 0. The van der Waals surface area contributed by atoms with E-state index >= 15 is 0 Å². The standard InChI is InChI=1S/C14H15N3O2/c1-2-3-12-13(18)17(14(19)16-12)9-11-6-4-10(8-15)5-7-11/h4-7,12H,2-3,9H2,1H3,(H,16,19). The number of imide groups is 1. The number of urea groups is 1. The van der Waals surface area contributed by atoms with E-state index < -0.39 is 6.04 Å². The van der Waals surface area contributed by atoms with E-state index in [1.54, 1.807) is 24.3 Å². The molecule has 1 saturated heterocycles. The molecule has 1 atom stereocenters. The molecule has 1 fully saturated rings. The first-order chi connectivity index (χ1) is 9.15. The third-order valence-electron chi connectivity index (χ3n) is 3.11. The van der Waals surface area contributed by atoms with E-state index in [4.69, 9.17) is 5.26 Å². The minimum atomic E-state index is -0.393. The molecular formula is C14H15N3O2.